The van der Waals surface area contributed by atoms with Gasteiger partial charge in [-0.15, -0.1) is 0 Å². The number of pyridine rings is 2. The van der Waals surface area contributed by atoms with Gasteiger partial charge in [-0.3, -0.25) is 4.98 Å². The van der Waals surface area contributed by atoms with Crippen LogP contribution in [0.15, 0.2) is 61.1 Å². The molecule has 0 spiro atoms. The van der Waals surface area contributed by atoms with E-state index < -0.39 is 0 Å². The Morgan fingerprint density at radius 1 is 0.929 bits per heavy atom. The summed E-state index contributed by atoms with van der Waals surface area (Å²) in [5, 5.41) is 7.99. The van der Waals surface area contributed by atoms with Gasteiger partial charge >= 0.3 is 0 Å². The third-order valence-electron chi connectivity index (χ3n) is 4.02. The van der Waals surface area contributed by atoms with Gasteiger partial charge in [0.05, 0.1) is 16.7 Å². The van der Waals surface area contributed by atoms with Crippen LogP contribution in [0.3, 0.4) is 0 Å². The molecule has 0 atom stereocenters. The third-order valence-corrected chi connectivity index (χ3v) is 4.24. The zero-order chi connectivity index (χ0) is 19.3. The van der Waals surface area contributed by atoms with Crippen molar-refractivity contribution in [2.24, 2.45) is 5.84 Å². The largest absolute Gasteiger partial charge is 0.363 e. The molecule has 0 aliphatic carbocycles. The first-order chi connectivity index (χ1) is 13.7. The summed E-state index contributed by atoms with van der Waals surface area (Å²) in [7, 11) is 0. The highest BCUT2D eigenvalue weighted by Gasteiger charge is 2.08. The molecule has 0 saturated carbocycles. The van der Waals surface area contributed by atoms with Crippen LogP contribution in [-0.4, -0.2) is 19.9 Å². The molecule has 0 bridgehead atoms. The summed E-state index contributed by atoms with van der Waals surface area (Å²) in [4.78, 5) is 17.3. The predicted octanol–water partition coefficient (Wildman–Crippen LogP) is 3.71. The smallest absolute Gasteiger partial charge is 0.183 e. The van der Waals surface area contributed by atoms with E-state index in [0.29, 0.717) is 34.8 Å². The Hall–Kier alpha value is -3.49. The molecular weight excluding hydrogens is 376 g/mol. The second kappa shape index (κ2) is 8.03. The van der Waals surface area contributed by atoms with E-state index in [1.807, 2.05) is 24.3 Å². The fraction of sp³-hybridized carbons (Fsp3) is 0.0526. The molecule has 9 heteroatoms. The number of nitrogens with two attached hydrogens (primary N) is 1. The van der Waals surface area contributed by atoms with E-state index in [1.165, 1.54) is 0 Å². The molecule has 8 nitrogen and oxygen atoms in total. The molecule has 4 aromatic rings. The summed E-state index contributed by atoms with van der Waals surface area (Å²) in [6, 6.07) is 13.5. The van der Waals surface area contributed by atoms with Crippen molar-refractivity contribution in [2.75, 3.05) is 16.1 Å². The third kappa shape index (κ3) is 4.08. The average Bonchev–Trinajstić information content (AvgIpc) is 2.74. The van der Waals surface area contributed by atoms with E-state index >= 15 is 0 Å². The molecule has 3 aromatic heterocycles. The van der Waals surface area contributed by atoms with Gasteiger partial charge in [0, 0.05) is 24.3 Å². The minimum absolute atomic E-state index is 0.442. The van der Waals surface area contributed by atoms with Gasteiger partial charge in [0.25, 0.3) is 0 Å². The molecule has 28 heavy (non-hydrogen) atoms. The number of hydrogen-bond acceptors (Lipinski definition) is 8. The lowest BCUT2D eigenvalue weighted by Gasteiger charge is -2.12. The summed E-state index contributed by atoms with van der Waals surface area (Å²) >= 11 is 5.86. The molecule has 4 rings (SSSR count). The van der Waals surface area contributed by atoms with Crippen LogP contribution in [0.4, 0.5) is 23.3 Å². The highest BCUT2D eigenvalue weighted by molar-refractivity contribution is 6.30. The Balaban J connectivity index is 1.52. The highest BCUT2D eigenvalue weighted by Crippen LogP contribution is 2.21. The number of hydrogen-bond donors (Lipinski definition) is 4. The second-order valence-corrected chi connectivity index (χ2v) is 6.40. The van der Waals surface area contributed by atoms with Crippen molar-refractivity contribution in [3.05, 3.63) is 71.6 Å². The fourth-order valence-electron chi connectivity index (χ4n) is 2.68. The number of nitrogens with one attached hydrogen (secondary N) is 3. The van der Waals surface area contributed by atoms with Crippen LogP contribution in [0.1, 0.15) is 5.56 Å². The van der Waals surface area contributed by atoms with Crippen LogP contribution >= 0.6 is 11.6 Å². The minimum atomic E-state index is 0.442. The predicted molar refractivity (Wildman–Crippen MR) is 111 cm³/mol. The zero-order valence-corrected chi connectivity index (χ0v) is 15.5. The van der Waals surface area contributed by atoms with Gasteiger partial charge in [-0.25, -0.2) is 20.8 Å². The maximum absolute atomic E-state index is 5.86. The molecule has 0 unspecified atom stereocenters. The molecule has 140 valence electrons. The molecule has 5 N–H and O–H groups in total. The number of fused-ring (bicyclic) bond motifs is 1. The monoisotopic (exact) mass is 392 g/mol. The second-order valence-electron chi connectivity index (χ2n) is 5.97. The van der Waals surface area contributed by atoms with Crippen molar-refractivity contribution < 1.29 is 0 Å². The summed E-state index contributed by atoms with van der Waals surface area (Å²) < 4.78 is 0. The lowest BCUT2D eigenvalue weighted by molar-refractivity contribution is 1.08. The Morgan fingerprint density at radius 3 is 2.68 bits per heavy atom. The van der Waals surface area contributed by atoms with E-state index in [-0.39, 0.29) is 0 Å². The lowest BCUT2D eigenvalue weighted by atomic mass is 10.1. The van der Waals surface area contributed by atoms with Gasteiger partial charge < -0.3 is 16.1 Å². The first kappa shape index (κ1) is 17.9. The van der Waals surface area contributed by atoms with Crippen LogP contribution in [0.2, 0.25) is 5.02 Å². The van der Waals surface area contributed by atoms with E-state index in [0.717, 1.165) is 16.5 Å². The van der Waals surface area contributed by atoms with Crippen molar-refractivity contribution in [3.63, 3.8) is 0 Å². The molecule has 0 aliphatic rings. The Kier molecular flexibility index (Phi) is 5.14. The molecule has 0 aliphatic heterocycles. The first-order valence-electron chi connectivity index (χ1n) is 8.51. The van der Waals surface area contributed by atoms with Crippen molar-refractivity contribution in [1.29, 1.82) is 0 Å². The molecule has 0 saturated heterocycles. The van der Waals surface area contributed by atoms with Gasteiger partial charge in [0.1, 0.15) is 5.82 Å². The van der Waals surface area contributed by atoms with Gasteiger partial charge in [-0.2, -0.15) is 0 Å². The van der Waals surface area contributed by atoms with Crippen molar-refractivity contribution in [2.45, 2.75) is 6.54 Å². The van der Waals surface area contributed by atoms with Crippen molar-refractivity contribution >= 4 is 45.8 Å². The van der Waals surface area contributed by atoms with Gasteiger partial charge in [-0.1, -0.05) is 23.7 Å². The Morgan fingerprint density at radius 2 is 1.86 bits per heavy atom. The number of nitrogen functional groups attached to an aromatic ring is 1. The maximum atomic E-state index is 5.86. The molecule has 3 heterocycles. The van der Waals surface area contributed by atoms with Crippen molar-refractivity contribution in [3.8, 4) is 0 Å². The quantitative estimate of drug-likeness (QED) is 0.290. The van der Waals surface area contributed by atoms with Crippen molar-refractivity contribution in [1.82, 2.24) is 19.9 Å². The van der Waals surface area contributed by atoms with Crippen LogP contribution in [-0.2, 0) is 6.54 Å². The SMILES string of the molecule is NNc1ncc(Nc2ccc(Cl)cn2)nc1NCc1ccc2ncccc2c1. The van der Waals surface area contributed by atoms with Crippen LogP contribution in [0.25, 0.3) is 10.9 Å². The summed E-state index contributed by atoms with van der Waals surface area (Å²) in [5.74, 6) is 7.67. The lowest BCUT2D eigenvalue weighted by Crippen LogP contribution is -2.14. The van der Waals surface area contributed by atoms with Gasteiger partial charge in [0.2, 0.25) is 0 Å². The highest BCUT2D eigenvalue weighted by atomic mass is 35.5. The van der Waals surface area contributed by atoms with E-state index in [2.05, 4.69) is 42.1 Å². The van der Waals surface area contributed by atoms with E-state index in [1.54, 1.807) is 30.7 Å². The zero-order valence-electron chi connectivity index (χ0n) is 14.7. The minimum Gasteiger partial charge on any atom is -0.363 e. The number of halogens is 1. The van der Waals surface area contributed by atoms with Gasteiger partial charge in [-0.05, 0) is 35.9 Å². The maximum Gasteiger partial charge on any atom is 0.183 e. The summed E-state index contributed by atoms with van der Waals surface area (Å²) in [6.45, 7) is 0.552. The standard InChI is InChI=1S/C19H17ClN8/c20-14-4-6-16(23-10-14)26-17-11-25-19(28-21)18(27-17)24-9-12-3-5-15-13(8-12)2-1-7-22-15/h1-8,10-11H,9,21H2,(H,25,28)(H2,23,24,26,27). The first-order valence-corrected chi connectivity index (χ1v) is 8.89. The average molecular weight is 393 g/mol. The topological polar surface area (TPSA) is 114 Å². The molecule has 0 amide bonds. The molecule has 0 radical (unpaired) electrons. The van der Waals surface area contributed by atoms with Crippen LogP contribution in [0.5, 0.6) is 0 Å². The number of nitrogens with zero attached hydrogens (tertiary/aromatic N) is 4. The van der Waals surface area contributed by atoms with Crippen LogP contribution < -0.4 is 21.9 Å². The van der Waals surface area contributed by atoms with E-state index in [9.17, 15) is 0 Å². The number of aromatic nitrogens is 4. The molecule has 1 aromatic carbocycles. The molecule has 0 fully saturated rings. The normalized spacial score (nSPS) is 10.6. The Labute approximate surface area is 166 Å². The number of rotatable bonds is 6. The summed E-state index contributed by atoms with van der Waals surface area (Å²) in [5.41, 5.74) is 4.59. The Bertz CT molecular complexity index is 1100. The number of anilines is 4. The van der Waals surface area contributed by atoms with Gasteiger partial charge in [0.15, 0.2) is 17.5 Å². The molecular formula is C19H17ClN8. The van der Waals surface area contributed by atoms with Crippen LogP contribution in [0, 0.1) is 0 Å². The number of hydrazine groups is 1. The summed E-state index contributed by atoms with van der Waals surface area (Å²) in [6.07, 6.45) is 4.91. The van der Waals surface area contributed by atoms with E-state index in [4.69, 9.17) is 17.4 Å². The number of benzene rings is 1. The fourth-order valence-corrected chi connectivity index (χ4v) is 2.79.